The van der Waals surface area contributed by atoms with E-state index in [1.54, 1.807) is 6.07 Å². The number of sulfonamides is 1. The lowest BCUT2D eigenvalue weighted by molar-refractivity contribution is 0.566. The van der Waals surface area contributed by atoms with Crippen molar-refractivity contribution in [2.75, 3.05) is 5.73 Å². The Bertz CT molecular complexity index is 481. The van der Waals surface area contributed by atoms with Crippen molar-refractivity contribution in [3.05, 3.63) is 29.8 Å². The molecule has 1 aromatic rings. The molecule has 0 saturated heterocycles. The number of nitrogens with one attached hydrogen (secondary N) is 1. The van der Waals surface area contributed by atoms with Gasteiger partial charge in [-0.2, -0.15) is 0 Å². The van der Waals surface area contributed by atoms with E-state index in [9.17, 15) is 8.42 Å². The number of hydrogen-bond donors (Lipinski definition) is 2. The third-order valence-corrected chi connectivity index (χ3v) is 4.80. The minimum absolute atomic E-state index is 0.195. The predicted molar refractivity (Wildman–Crippen MR) is 64.3 cm³/mol. The first-order valence-electron chi connectivity index (χ1n) is 5.36. The highest BCUT2D eigenvalue weighted by molar-refractivity contribution is 7.90. The Morgan fingerprint density at radius 1 is 1.38 bits per heavy atom. The Morgan fingerprint density at radius 2 is 2.00 bits per heavy atom. The van der Waals surface area contributed by atoms with Gasteiger partial charge in [-0.3, -0.25) is 0 Å². The van der Waals surface area contributed by atoms with Gasteiger partial charge in [0.2, 0.25) is 10.0 Å². The molecule has 1 aliphatic rings. The second kappa shape index (κ2) is 4.07. The number of anilines is 1. The number of benzene rings is 1. The standard InChI is InChI=1S/C11H16N2O2S/c1-8(10-4-2-3-5-11(10)12)13-16(14,15)9-6-7-9/h2-5,8-9,13H,6-7,12H2,1H3. The van der Waals surface area contributed by atoms with E-state index in [-0.39, 0.29) is 11.3 Å². The van der Waals surface area contributed by atoms with E-state index in [1.165, 1.54) is 0 Å². The summed E-state index contributed by atoms with van der Waals surface area (Å²) in [6.45, 7) is 1.81. The Hall–Kier alpha value is -1.07. The lowest BCUT2D eigenvalue weighted by Crippen LogP contribution is -2.30. The lowest BCUT2D eigenvalue weighted by atomic mass is 10.1. The van der Waals surface area contributed by atoms with E-state index < -0.39 is 10.0 Å². The maximum atomic E-state index is 11.7. The highest BCUT2D eigenvalue weighted by Crippen LogP contribution is 2.29. The van der Waals surface area contributed by atoms with Crippen molar-refractivity contribution in [2.24, 2.45) is 0 Å². The molecule has 1 aromatic carbocycles. The molecule has 3 N–H and O–H groups in total. The molecule has 0 aromatic heterocycles. The normalized spacial score (nSPS) is 18.3. The molecule has 1 atom stereocenters. The van der Waals surface area contributed by atoms with Crippen LogP contribution in [0, 0.1) is 0 Å². The van der Waals surface area contributed by atoms with Crippen LogP contribution in [0.15, 0.2) is 24.3 Å². The molecule has 1 unspecified atom stereocenters. The maximum absolute atomic E-state index is 11.7. The minimum Gasteiger partial charge on any atom is -0.398 e. The molecular weight excluding hydrogens is 224 g/mol. The van der Waals surface area contributed by atoms with Gasteiger partial charge in [0.05, 0.1) is 5.25 Å². The van der Waals surface area contributed by atoms with E-state index in [2.05, 4.69) is 4.72 Å². The molecule has 5 heteroatoms. The summed E-state index contributed by atoms with van der Waals surface area (Å²) in [4.78, 5) is 0. The van der Waals surface area contributed by atoms with Crippen molar-refractivity contribution < 1.29 is 8.42 Å². The van der Waals surface area contributed by atoms with Gasteiger partial charge in [0.1, 0.15) is 0 Å². The Kier molecular flexibility index (Phi) is 2.90. The van der Waals surface area contributed by atoms with Crippen LogP contribution in [0.5, 0.6) is 0 Å². The Balaban J connectivity index is 2.14. The van der Waals surface area contributed by atoms with Gasteiger partial charge in [0.15, 0.2) is 0 Å². The van der Waals surface area contributed by atoms with Crippen LogP contribution in [0.2, 0.25) is 0 Å². The SMILES string of the molecule is CC(NS(=O)(=O)C1CC1)c1ccccc1N. The highest BCUT2D eigenvalue weighted by Gasteiger charge is 2.36. The molecule has 4 nitrogen and oxygen atoms in total. The largest absolute Gasteiger partial charge is 0.398 e. The van der Waals surface area contributed by atoms with Crippen molar-refractivity contribution in [2.45, 2.75) is 31.1 Å². The van der Waals surface area contributed by atoms with Crippen LogP contribution in [0.25, 0.3) is 0 Å². The summed E-state index contributed by atoms with van der Waals surface area (Å²) in [6.07, 6.45) is 1.54. The van der Waals surface area contributed by atoms with Crippen LogP contribution < -0.4 is 10.5 Å². The third-order valence-electron chi connectivity index (χ3n) is 2.77. The van der Waals surface area contributed by atoms with Gasteiger partial charge >= 0.3 is 0 Å². The van der Waals surface area contributed by atoms with Crippen LogP contribution >= 0.6 is 0 Å². The number of para-hydroxylation sites is 1. The zero-order valence-electron chi connectivity index (χ0n) is 9.18. The second-order valence-corrected chi connectivity index (χ2v) is 6.21. The van der Waals surface area contributed by atoms with E-state index in [1.807, 2.05) is 25.1 Å². The topological polar surface area (TPSA) is 72.2 Å². The molecule has 1 saturated carbocycles. The van der Waals surface area contributed by atoms with Crippen molar-refractivity contribution in [1.29, 1.82) is 0 Å². The monoisotopic (exact) mass is 240 g/mol. The van der Waals surface area contributed by atoms with Crippen molar-refractivity contribution in [3.63, 3.8) is 0 Å². The summed E-state index contributed by atoms with van der Waals surface area (Å²) in [5.41, 5.74) is 7.24. The average Bonchev–Trinajstić information content (AvgIpc) is 3.00. The average molecular weight is 240 g/mol. The zero-order valence-corrected chi connectivity index (χ0v) is 10.00. The van der Waals surface area contributed by atoms with Crippen molar-refractivity contribution in [1.82, 2.24) is 4.72 Å². The summed E-state index contributed by atoms with van der Waals surface area (Å²) in [5, 5.41) is -0.195. The highest BCUT2D eigenvalue weighted by atomic mass is 32.2. The van der Waals surface area contributed by atoms with Crippen LogP contribution in [0.3, 0.4) is 0 Å². The lowest BCUT2D eigenvalue weighted by Gasteiger charge is -2.16. The van der Waals surface area contributed by atoms with Gasteiger partial charge in [-0.05, 0) is 31.4 Å². The number of rotatable bonds is 4. The Labute approximate surface area is 95.9 Å². The Morgan fingerprint density at radius 3 is 2.56 bits per heavy atom. The van der Waals surface area contributed by atoms with E-state index in [0.717, 1.165) is 18.4 Å². The van der Waals surface area contributed by atoms with Crippen LogP contribution in [-0.4, -0.2) is 13.7 Å². The fourth-order valence-corrected chi connectivity index (χ4v) is 3.26. The molecule has 0 aliphatic heterocycles. The first kappa shape index (κ1) is 11.4. The van der Waals surface area contributed by atoms with E-state index in [4.69, 9.17) is 5.73 Å². The fraction of sp³-hybridized carbons (Fsp3) is 0.455. The summed E-state index contributed by atoms with van der Waals surface area (Å²) >= 11 is 0. The number of nitrogen functional groups attached to an aromatic ring is 1. The third kappa shape index (κ3) is 2.36. The quantitative estimate of drug-likeness (QED) is 0.782. The van der Waals surface area contributed by atoms with Gasteiger partial charge < -0.3 is 5.73 Å². The van der Waals surface area contributed by atoms with E-state index in [0.29, 0.717) is 5.69 Å². The smallest absolute Gasteiger partial charge is 0.215 e. The van der Waals surface area contributed by atoms with Crippen molar-refractivity contribution in [3.8, 4) is 0 Å². The molecule has 0 amide bonds. The molecular formula is C11H16N2O2S. The second-order valence-electron chi connectivity index (χ2n) is 4.21. The maximum Gasteiger partial charge on any atom is 0.215 e. The molecule has 0 spiro atoms. The summed E-state index contributed by atoms with van der Waals surface area (Å²) < 4.78 is 26.1. The summed E-state index contributed by atoms with van der Waals surface area (Å²) in [6, 6.07) is 7.04. The van der Waals surface area contributed by atoms with E-state index >= 15 is 0 Å². The van der Waals surface area contributed by atoms with Gasteiger partial charge in [-0.15, -0.1) is 0 Å². The first-order valence-corrected chi connectivity index (χ1v) is 6.91. The van der Waals surface area contributed by atoms with Crippen molar-refractivity contribution >= 4 is 15.7 Å². The van der Waals surface area contributed by atoms with Gasteiger partial charge in [-0.1, -0.05) is 18.2 Å². The summed E-state index contributed by atoms with van der Waals surface area (Å²) in [7, 11) is -3.16. The molecule has 1 fully saturated rings. The predicted octanol–water partition coefficient (Wildman–Crippen LogP) is 1.41. The minimum atomic E-state index is -3.16. The molecule has 2 rings (SSSR count). The molecule has 1 aliphatic carbocycles. The molecule has 0 bridgehead atoms. The number of hydrogen-bond acceptors (Lipinski definition) is 3. The van der Waals surface area contributed by atoms with Gasteiger partial charge in [0, 0.05) is 11.7 Å². The number of nitrogens with two attached hydrogens (primary N) is 1. The summed E-state index contributed by atoms with van der Waals surface area (Å²) in [5.74, 6) is 0. The van der Waals surface area contributed by atoms with Crippen LogP contribution in [0.4, 0.5) is 5.69 Å². The van der Waals surface area contributed by atoms with Crippen LogP contribution in [0.1, 0.15) is 31.4 Å². The fourth-order valence-electron chi connectivity index (χ4n) is 1.69. The molecule has 0 heterocycles. The van der Waals surface area contributed by atoms with Crippen LogP contribution in [-0.2, 0) is 10.0 Å². The first-order chi connectivity index (χ1) is 7.50. The molecule has 16 heavy (non-hydrogen) atoms. The van der Waals surface area contributed by atoms with Gasteiger partial charge in [0.25, 0.3) is 0 Å². The molecule has 88 valence electrons. The molecule has 0 radical (unpaired) electrons. The zero-order chi connectivity index (χ0) is 11.8. The van der Waals surface area contributed by atoms with Gasteiger partial charge in [-0.25, -0.2) is 13.1 Å².